The van der Waals surface area contributed by atoms with Crippen molar-refractivity contribution in [2.45, 2.75) is 59.8 Å². The molecule has 0 bridgehead atoms. The van der Waals surface area contributed by atoms with Crippen LogP contribution in [0.3, 0.4) is 0 Å². The van der Waals surface area contributed by atoms with Gasteiger partial charge in [0.25, 0.3) is 0 Å². The Hall–Kier alpha value is -0.530. The largest absolute Gasteiger partial charge is 0.481 e. The fourth-order valence-corrected chi connectivity index (χ4v) is 1.99. The van der Waals surface area contributed by atoms with Crippen LogP contribution in [0.25, 0.3) is 0 Å². The van der Waals surface area contributed by atoms with Crippen LogP contribution >= 0.6 is 0 Å². The van der Waals surface area contributed by atoms with Gasteiger partial charge in [0.15, 0.2) is 0 Å². The van der Waals surface area contributed by atoms with E-state index in [1.807, 2.05) is 6.92 Å². The van der Waals surface area contributed by atoms with E-state index in [4.69, 9.17) is 5.11 Å². The molecule has 0 aromatic rings. The van der Waals surface area contributed by atoms with Crippen LogP contribution in [-0.4, -0.2) is 11.1 Å². The van der Waals surface area contributed by atoms with Gasteiger partial charge in [0.2, 0.25) is 0 Å². The molecule has 0 saturated heterocycles. The van der Waals surface area contributed by atoms with E-state index in [9.17, 15) is 4.79 Å². The maximum Gasteiger partial charge on any atom is 0.306 e. The number of hydrogen-bond acceptors (Lipinski definition) is 1. The smallest absolute Gasteiger partial charge is 0.306 e. The molecular formula is C13H26O2. The van der Waals surface area contributed by atoms with Crippen molar-refractivity contribution in [1.29, 1.82) is 0 Å². The summed E-state index contributed by atoms with van der Waals surface area (Å²) in [5, 5.41) is 8.93. The number of carboxylic acids is 1. The Balaban J connectivity index is 3.86. The lowest BCUT2D eigenvalue weighted by Gasteiger charge is -2.20. The fourth-order valence-electron chi connectivity index (χ4n) is 1.99. The molecule has 0 saturated carbocycles. The molecule has 0 heterocycles. The van der Waals surface area contributed by atoms with Gasteiger partial charge in [-0.05, 0) is 31.1 Å². The van der Waals surface area contributed by atoms with Crippen LogP contribution < -0.4 is 0 Å². The first-order valence-corrected chi connectivity index (χ1v) is 6.25. The topological polar surface area (TPSA) is 37.3 Å². The summed E-state index contributed by atoms with van der Waals surface area (Å²) in [6, 6.07) is 0. The van der Waals surface area contributed by atoms with Gasteiger partial charge in [-0.1, -0.05) is 40.5 Å². The number of carbonyl (C=O) groups is 1. The molecule has 0 rings (SSSR count). The van der Waals surface area contributed by atoms with E-state index < -0.39 is 5.97 Å². The van der Waals surface area contributed by atoms with Crippen molar-refractivity contribution in [3.8, 4) is 0 Å². The van der Waals surface area contributed by atoms with Crippen LogP contribution in [0.5, 0.6) is 0 Å². The third-order valence-corrected chi connectivity index (χ3v) is 3.53. The van der Waals surface area contributed by atoms with Gasteiger partial charge in [-0.15, -0.1) is 0 Å². The van der Waals surface area contributed by atoms with Gasteiger partial charge >= 0.3 is 5.97 Å². The second kappa shape index (κ2) is 7.72. The van der Waals surface area contributed by atoms with Gasteiger partial charge in [-0.3, -0.25) is 4.79 Å². The average molecular weight is 214 g/mol. The fraction of sp³-hybridized carbons (Fsp3) is 0.923. The minimum atomic E-state index is -0.632. The van der Waals surface area contributed by atoms with E-state index in [1.54, 1.807) is 0 Å². The zero-order valence-corrected chi connectivity index (χ0v) is 10.6. The summed E-state index contributed by atoms with van der Waals surface area (Å²) in [5.74, 6) is 0.605. The van der Waals surface area contributed by atoms with Crippen LogP contribution in [0, 0.1) is 17.8 Å². The molecule has 0 fully saturated rings. The van der Waals surface area contributed by atoms with Crippen molar-refractivity contribution in [3.63, 3.8) is 0 Å². The summed E-state index contributed by atoms with van der Waals surface area (Å²) in [7, 11) is 0. The summed E-state index contributed by atoms with van der Waals surface area (Å²) >= 11 is 0. The normalized spacial score (nSPS) is 17.1. The van der Waals surface area contributed by atoms with Gasteiger partial charge in [-0.25, -0.2) is 0 Å². The van der Waals surface area contributed by atoms with E-state index >= 15 is 0 Å². The quantitative estimate of drug-likeness (QED) is 0.664. The second-order valence-corrected chi connectivity index (χ2v) is 4.76. The number of aliphatic carboxylic acids is 1. The van der Waals surface area contributed by atoms with Crippen LogP contribution in [0.15, 0.2) is 0 Å². The first-order valence-electron chi connectivity index (χ1n) is 6.25. The lowest BCUT2D eigenvalue weighted by molar-refractivity contribution is -0.142. The van der Waals surface area contributed by atoms with Gasteiger partial charge in [0.05, 0.1) is 5.92 Å². The molecule has 3 atom stereocenters. The highest BCUT2D eigenvalue weighted by molar-refractivity contribution is 5.69. The van der Waals surface area contributed by atoms with E-state index in [-0.39, 0.29) is 5.92 Å². The molecule has 0 spiro atoms. The summed E-state index contributed by atoms with van der Waals surface area (Å²) in [6.07, 6.45) is 5.11. The van der Waals surface area contributed by atoms with Crippen LogP contribution in [0.2, 0.25) is 0 Å². The molecular weight excluding hydrogens is 188 g/mol. The molecule has 0 aromatic carbocycles. The maximum atomic E-state index is 10.8. The minimum Gasteiger partial charge on any atom is -0.481 e. The van der Waals surface area contributed by atoms with Crippen LogP contribution in [0.1, 0.15) is 59.8 Å². The Labute approximate surface area is 94.1 Å². The Kier molecular flexibility index (Phi) is 7.45. The Morgan fingerprint density at radius 3 is 2.00 bits per heavy atom. The zero-order valence-electron chi connectivity index (χ0n) is 10.6. The molecule has 0 aromatic heterocycles. The van der Waals surface area contributed by atoms with E-state index in [2.05, 4.69) is 20.8 Å². The van der Waals surface area contributed by atoms with Gasteiger partial charge in [0, 0.05) is 0 Å². The monoisotopic (exact) mass is 214 g/mol. The van der Waals surface area contributed by atoms with Crippen molar-refractivity contribution < 1.29 is 9.90 Å². The van der Waals surface area contributed by atoms with Crippen molar-refractivity contribution in [2.75, 3.05) is 0 Å². The first-order chi connectivity index (χ1) is 7.02. The van der Waals surface area contributed by atoms with Gasteiger partial charge in [-0.2, -0.15) is 0 Å². The average Bonchev–Trinajstić information content (AvgIpc) is 2.18. The Morgan fingerprint density at radius 1 is 1.07 bits per heavy atom. The summed E-state index contributed by atoms with van der Waals surface area (Å²) in [4.78, 5) is 10.8. The number of carboxylic acid groups (broad SMARTS) is 1. The Bertz CT molecular complexity index is 177. The van der Waals surface area contributed by atoms with Crippen LogP contribution in [0.4, 0.5) is 0 Å². The molecule has 2 heteroatoms. The highest BCUT2D eigenvalue weighted by Gasteiger charge is 2.18. The first kappa shape index (κ1) is 14.5. The summed E-state index contributed by atoms with van der Waals surface area (Å²) < 4.78 is 0. The molecule has 2 unspecified atom stereocenters. The third-order valence-electron chi connectivity index (χ3n) is 3.53. The molecule has 0 amide bonds. The maximum absolute atomic E-state index is 10.8. The standard InChI is InChI=1S/C13H26O2/c1-5-7-10(3)11(4)8-9-12(6-2)13(14)15/h10-12H,5-9H2,1-4H3,(H,14,15)/t10?,11-,12?/m0/s1. The molecule has 2 nitrogen and oxygen atoms in total. The molecule has 0 aliphatic heterocycles. The third kappa shape index (κ3) is 5.81. The minimum absolute atomic E-state index is 0.138. The number of hydrogen-bond donors (Lipinski definition) is 1. The van der Waals surface area contributed by atoms with E-state index in [0.717, 1.165) is 25.2 Å². The molecule has 90 valence electrons. The van der Waals surface area contributed by atoms with Gasteiger partial charge < -0.3 is 5.11 Å². The van der Waals surface area contributed by atoms with E-state index in [0.29, 0.717) is 5.92 Å². The van der Waals surface area contributed by atoms with Crippen molar-refractivity contribution in [2.24, 2.45) is 17.8 Å². The summed E-state index contributed by atoms with van der Waals surface area (Å²) in [6.45, 7) is 8.68. The highest BCUT2D eigenvalue weighted by Crippen LogP contribution is 2.24. The zero-order chi connectivity index (χ0) is 11.8. The van der Waals surface area contributed by atoms with E-state index in [1.165, 1.54) is 12.8 Å². The molecule has 0 radical (unpaired) electrons. The van der Waals surface area contributed by atoms with Crippen LogP contribution in [-0.2, 0) is 4.79 Å². The molecule has 15 heavy (non-hydrogen) atoms. The van der Waals surface area contributed by atoms with Gasteiger partial charge in [0.1, 0.15) is 0 Å². The SMILES string of the molecule is CCCC(C)[C@@H](C)CCC(CC)C(=O)O. The van der Waals surface area contributed by atoms with Crippen molar-refractivity contribution >= 4 is 5.97 Å². The second-order valence-electron chi connectivity index (χ2n) is 4.76. The van der Waals surface area contributed by atoms with Crippen molar-refractivity contribution in [1.82, 2.24) is 0 Å². The highest BCUT2D eigenvalue weighted by atomic mass is 16.4. The molecule has 1 N–H and O–H groups in total. The lowest BCUT2D eigenvalue weighted by Crippen LogP contribution is -2.16. The number of rotatable bonds is 8. The van der Waals surface area contributed by atoms with Crippen molar-refractivity contribution in [3.05, 3.63) is 0 Å². The molecule has 0 aliphatic carbocycles. The molecule has 0 aliphatic rings. The lowest BCUT2D eigenvalue weighted by atomic mass is 9.85. The summed E-state index contributed by atoms with van der Waals surface area (Å²) in [5.41, 5.74) is 0. The predicted octanol–water partition coefficient (Wildman–Crippen LogP) is 3.95. The Morgan fingerprint density at radius 2 is 1.60 bits per heavy atom. The predicted molar refractivity (Wildman–Crippen MR) is 63.9 cm³/mol.